The predicted molar refractivity (Wildman–Crippen MR) is 95.8 cm³/mol. The van der Waals surface area contributed by atoms with Crippen LogP contribution in [0, 0.1) is 5.82 Å². The summed E-state index contributed by atoms with van der Waals surface area (Å²) in [5.74, 6) is -1.87. The van der Waals surface area contributed by atoms with Crippen molar-refractivity contribution in [1.82, 2.24) is 24.7 Å². The zero-order chi connectivity index (χ0) is 19.2. The number of hydrogen-bond acceptors (Lipinski definition) is 6. The van der Waals surface area contributed by atoms with E-state index in [2.05, 4.69) is 20.1 Å². The number of aryl methyl sites for hydroxylation is 1. The minimum absolute atomic E-state index is 0.0119. The van der Waals surface area contributed by atoms with Crippen molar-refractivity contribution in [1.29, 1.82) is 0 Å². The molecule has 7 nitrogen and oxygen atoms in total. The first-order chi connectivity index (χ1) is 13.2. The Labute approximate surface area is 156 Å². The Morgan fingerprint density at radius 3 is 2.85 bits per heavy atom. The molecule has 3 aromatic heterocycles. The number of aromatic nitrogens is 5. The lowest BCUT2D eigenvalue weighted by molar-refractivity contribution is -0.144. The third-order valence-electron chi connectivity index (χ3n) is 4.05. The van der Waals surface area contributed by atoms with Crippen molar-refractivity contribution < 1.29 is 13.9 Å². The second-order valence-corrected chi connectivity index (χ2v) is 5.84. The monoisotopic (exact) mass is 369 g/mol. The fourth-order valence-electron chi connectivity index (χ4n) is 2.93. The van der Waals surface area contributed by atoms with Crippen molar-refractivity contribution in [2.75, 3.05) is 6.61 Å². The van der Waals surface area contributed by atoms with Crippen molar-refractivity contribution in [3.05, 3.63) is 65.9 Å². The lowest BCUT2D eigenvalue weighted by Gasteiger charge is -2.19. The van der Waals surface area contributed by atoms with Crippen LogP contribution in [0.2, 0.25) is 0 Å². The van der Waals surface area contributed by atoms with Crippen molar-refractivity contribution in [2.45, 2.75) is 32.6 Å². The summed E-state index contributed by atoms with van der Waals surface area (Å²) < 4.78 is 20.9. The smallest absolute Gasteiger partial charge is 0.321 e. The average Bonchev–Trinajstić information content (AvgIpc) is 3.13. The van der Waals surface area contributed by atoms with Gasteiger partial charge in [0.1, 0.15) is 12.2 Å². The fraction of sp³-hybridized carbons (Fsp3) is 0.316. The molecule has 27 heavy (non-hydrogen) atoms. The van der Waals surface area contributed by atoms with Gasteiger partial charge >= 0.3 is 5.97 Å². The number of halogens is 1. The lowest BCUT2D eigenvalue weighted by Crippen LogP contribution is -2.23. The van der Waals surface area contributed by atoms with Gasteiger partial charge < -0.3 is 4.74 Å². The number of hydrogen-bond donors (Lipinski definition) is 0. The Balaban J connectivity index is 2.16. The second kappa shape index (κ2) is 8.48. The van der Waals surface area contributed by atoms with Crippen molar-refractivity contribution in [3.8, 4) is 5.82 Å². The summed E-state index contributed by atoms with van der Waals surface area (Å²) in [6, 6.07) is 4.43. The highest BCUT2D eigenvalue weighted by atomic mass is 19.1. The van der Waals surface area contributed by atoms with Crippen molar-refractivity contribution in [2.24, 2.45) is 0 Å². The molecule has 0 N–H and O–H groups in total. The van der Waals surface area contributed by atoms with Gasteiger partial charge in [-0.3, -0.25) is 4.79 Å². The highest BCUT2D eigenvalue weighted by molar-refractivity contribution is 5.81. The highest BCUT2D eigenvalue weighted by Gasteiger charge is 2.32. The second-order valence-electron chi connectivity index (χ2n) is 5.84. The van der Waals surface area contributed by atoms with Gasteiger partial charge in [-0.2, -0.15) is 5.10 Å². The number of rotatable bonds is 7. The van der Waals surface area contributed by atoms with E-state index in [4.69, 9.17) is 4.74 Å². The molecule has 3 rings (SSSR count). The Morgan fingerprint density at radius 1 is 1.26 bits per heavy atom. The van der Waals surface area contributed by atoms with Gasteiger partial charge in [0.15, 0.2) is 11.6 Å². The molecule has 0 aromatic carbocycles. The van der Waals surface area contributed by atoms with Gasteiger partial charge in [-0.25, -0.2) is 24.0 Å². The topological polar surface area (TPSA) is 82.8 Å². The number of nitrogens with zero attached hydrogens (tertiary/aromatic N) is 5. The summed E-state index contributed by atoms with van der Waals surface area (Å²) in [6.45, 7) is 3.98. The normalized spacial score (nSPS) is 12.0. The van der Waals surface area contributed by atoms with Crippen molar-refractivity contribution >= 4 is 5.97 Å². The van der Waals surface area contributed by atoms with E-state index in [-0.39, 0.29) is 12.4 Å². The van der Waals surface area contributed by atoms with Gasteiger partial charge in [-0.05, 0) is 37.1 Å². The fourth-order valence-corrected chi connectivity index (χ4v) is 2.93. The van der Waals surface area contributed by atoms with Gasteiger partial charge in [0.05, 0.1) is 18.0 Å². The third kappa shape index (κ3) is 3.84. The molecule has 0 aliphatic heterocycles. The van der Waals surface area contributed by atoms with Crippen LogP contribution in [0.5, 0.6) is 0 Å². The summed E-state index contributed by atoms with van der Waals surface area (Å²) in [5.41, 5.74) is 1.80. The van der Waals surface area contributed by atoms with E-state index in [1.165, 1.54) is 35.5 Å². The van der Waals surface area contributed by atoms with E-state index >= 15 is 0 Å². The van der Waals surface area contributed by atoms with Crippen LogP contribution in [-0.4, -0.2) is 37.3 Å². The Kier molecular flexibility index (Phi) is 5.85. The van der Waals surface area contributed by atoms with Gasteiger partial charge in [0, 0.05) is 18.6 Å². The van der Waals surface area contributed by atoms with Crippen LogP contribution in [0.25, 0.3) is 5.82 Å². The van der Waals surface area contributed by atoms with E-state index < -0.39 is 17.7 Å². The van der Waals surface area contributed by atoms with E-state index in [9.17, 15) is 9.18 Å². The first kappa shape index (κ1) is 18.6. The molecule has 0 saturated carbocycles. The van der Waals surface area contributed by atoms with Crippen LogP contribution in [0.15, 0.2) is 43.1 Å². The van der Waals surface area contributed by atoms with Crippen molar-refractivity contribution in [3.63, 3.8) is 0 Å². The number of carbonyl (C=O) groups excluding carboxylic acids is 1. The molecule has 0 spiro atoms. The molecule has 0 aliphatic carbocycles. The number of pyridine rings is 1. The molecule has 140 valence electrons. The molecule has 1 unspecified atom stereocenters. The zero-order valence-corrected chi connectivity index (χ0v) is 15.2. The van der Waals surface area contributed by atoms with Gasteiger partial charge in [0.2, 0.25) is 0 Å². The molecule has 0 bridgehead atoms. The van der Waals surface area contributed by atoms with Crippen LogP contribution in [0.4, 0.5) is 4.39 Å². The summed E-state index contributed by atoms with van der Waals surface area (Å²) >= 11 is 0. The molecule has 1 atom stereocenters. The first-order valence-corrected chi connectivity index (χ1v) is 8.77. The lowest BCUT2D eigenvalue weighted by atomic mass is 9.95. The largest absolute Gasteiger partial charge is 0.465 e. The number of esters is 1. The molecular weight excluding hydrogens is 349 g/mol. The zero-order valence-electron chi connectivity index (χ0n) is 15.2. The predicted octanol–water partition coefficient (Wildman–Crippen LogP) is 2.84. The van der Waals surface area contributed by atoms with E-state index in [0.29, 0.717) is 17.8 Å². The maximum absolute atomic E-state index is 14.3. The molecule has 0 fully saturated rings. The number of ether oxygens (including phenoxy) is 1. The molecule has 0 amide bonds. The molecule has 3 aromatic rings. The summed E-state index contributed by atoms with van der Waals surface area (Å²) in [6.07, 6.45) is 7.62. The van der Waals surface area contributed by atoms with Gasteiger partial charge in [-0.1, -0.05) is 13.3 Å². The first-order valence-electron chi connectivity index (χ1n) is 8.77. The standard InChI is InChI=1S/C19H20FN5O2/c1-3-6-13-11-21-12-23-17(13)16(19(26)27-4-2)15-8-10-24-25(15)18-14(20)7-5-9-22-18/h5,7-12,16H,3-4,6H2,1-2H3. The highest BCUT2D eigenvalue weighted by Crippen LogP contribution is 2.29. The summed E-state index contributed by atoms with van der Waals surface area (Å²) in [5, 5.41) is 4.17. The maximum atomic E-state index is 14.3. The quantitative estimate of drug-likeness (QED) is 0.596. The van der Waals surface area contributed by atoms with E-state index in [1.54, 1.807) is 19.2 Å². The van der Waals surface area contributed by atoms with E-state index in [1.807, 2.05) is 6.92 Å². The van der Waals surface area contributed by atoms with Crippen LogP contribution in [0.1, 0.15) is 43.1 Å². The number of carbonyl (C=O) groups is 1. The SMILES string of the molecule is CCCc1cncnc1C(C(=O)OCC)c1ccnn1-c1ncccc1F. The van der Waals surface area contributed by atoms with Crippen LogP contribution in [-0.2, 0) is 16.0 Å². The molecule has 0 saturated heterocycles. The van der Waals surface area contributed by atoms with E-state index in [0.717, 1.165) is 12.0 Å². The summed E-state index contributed by atoms with van der Waals surface area (Å²) in [4.78, 5) is 25.3. The minimum Gasteiger partial charge on any atom is -0.465 e. The molecule has 0 radical (unpaired) electrons. The van der Waals surface area contributed by atoms with Crippen LogP contribution < -0.4 is 0 Å². The van der Waals surface area contributed by atoms with Crippen LogP contribution >= 0.6 is 0 Å². The Bertz CT molecular complexity index is 928. The molecule has 8 heteroatoms. The van der Waals surface area contributed by atoms with Crippen LogP contribution in [0.3, 0.4) is 0 Å². The minimum atomic E-state index is -0.863. The third-order valence-corrected chi connectivity index (χ3v) is 4.05. The summed E-state index contributed by atoms with van der Waals surface area (Å²) in [7, 11) is 0. The molecule has 3 heterocycles. The Morgan fingerprint density at radius 2 is 2.11 bits per heavy atom. The van der Waals surface area contributed by atoms with Gasteiger partial charge in [0.25, 0.3) is 0 Å². The average molecular weight is 369 g/mol. The molecular formula is C19H20FN5O2. The Hall–Kier alpha value is -3.16. The van der Waals surface area contributed by atoms with Gasteiger partial charge in [-0.15, -0.1) is 0 Å². The maximum Gasteiger partial charge on any atom is 0.321 e. The molecule has 0 aliphatic rings.